The Kier molecular flexibility index (Phi) is 3.88. The highest BCUT2D eigenvalue weighted by Crippen LogP contribution is 2.28. The Balaban J connectivity index is 1.83. The van der Waals surface area contributed by atoms with Crippen LogP contribution in [0.25, 0.3) is 5.65 Å². The minimum Gasteiger partial charge on any atom is -0.337 e. The molecule has 0 aromatic carbocycles. The number of rotatable bonds is 3. The average Bonchev–Trinajstić information content (AvgIpc) is 2.89. The number of carbonyl (C=O) groups excluding carboxylic acids is 1. The van der Waals surface area contributed by atoms with E-state index in [1.807, 2.05) is 0 Å². The molecular formula is C14H18F2N6O. The number of nitrogens with two attached hydrogens (primary N) is 1. The molecule has 23 heavy (non-hydrogen) atoms. The third-order valence-electron chi connectivity index (χ3n) is 3.98. The van der Waals surface area contributed by atoms with Crippen molar-refractivity contribution in [2.45, 2.75) is 25.9 Å². The fraction of sp³-hybridized carbons (Fsp3) is 0.500. The number of aromatic nitrogens is 3. The zero-order valence-corrected chi connectivity index (χ0v) is 12.7. The summed E-state index contributed by atoms with van der Waals surface area (Å²) < 4.78 is 29.6. The van der Waals surface area contributed by atoms with Gasteiger partial charge in [0.25, 0.3) is 5.92 Å². The number of urea groups is 1. The fourth-order valence-electron chi connectivity index (χ4n) is 2.48. The summed E-state index contributed by atoms with van der Waals surface area (Å²) in [5, 5.41) is 6.69. The van der Waals surface area contributed by atoms with Crippen molar-refractivity contribution in [3.63, 3.8) is 0 Å². The number of amides is 2. The molecule has 2 aromatic rings. The summed E-state index contributed by atoms with van der Waals surface area (Å²) in [5.74, 6) is -3.84. The molecule has 7 nitrogen and oxygen atoms in total. The van der Waals surface area contributed by atoms with Crippen molar-refractivity contribution < 1.29 is 13.6 Å². The van der Waals surface area contributed by atoms with Gasteiger partial charge in [-0.25, -0.2) is 23.1 Å². The van der Waals surface area contributed by atoms with Crippen LogP contribution in [0.15, 0.2) is 18.5 Å². The minimum absolute atomic E-state index is 0.0419. The summed E-state index contributed by atoms with van der Waals surface area (Å²) in [6, 6.07) is 1.21. The first-order valence-electron chi connectivity index (χ1n) is 7.33. The summed E-state index contributed by atoms with van der Waals surface area (Å²) in [6.07, 6.45) is 3.24. The van der Waals surface area contributed by atoms with Gasteiger partial charge in [0, 0.05) is 25.6 Å². The van der Waals surface area contributed by atoms with Crippen LogP contribution < -0.4 is 11.1 Å². The van der Waals surface area contributed by atoms with Gasteiger partial charge in [-0.05, 0) is 11.6 Å². The number of hydrogen-bond acceptors (Lipinski definition) is 4. The fourth-order valence-corrected chi connectivity index (χ4v) is 2.48. The lowest BCUT2D eigenvalue weighted by Crippen LogP contribution is -2.41. The summed E-state index contributed by atoms with van der Waals surface area (Å²) in [5.41, 5.74) is 7.41. The third kappa shape index (κ3) is 3.09. The number of carbonyl (C=O) groups is 1. The molecule has 1 fully saturated rings. The monoisotopic (exact) mass is 324 g/mol. The van der Waals surface area contributed by atoms with E-state index in [9.17, 15) is 13.6 Å². The van der Waals surface area contributed by atoms with Crippen LogP contribution in [-0.4, -0.2) is 44.5 Å². The molecule has 1 aliphatic rings. The molecule has 0 aliphatic carbocycles. The van der Waals surface area contributed by atoms with Gasteiger partial charge in [0.05, 0.1) is 24.6 Å². The molecule has 3 rings (SSSR count). The molecule has 0 spiro atoms. The Bertz CT molecular complexity index is 731. The van der Waals surface area contributed by atoms with E-state index in [0.29, 0.717) is 16.9 Å². The quantitative estimate of drug-likeness (QED) is 0.881. The van der Waals surface area contributed by atoms with Crippen molar-refractivity contribution in [3.05, 3.63) is 29.7 Å². The summed E-state index contributed by atoms with van der Waals surface area (Å²) in [6.45, 7) is 1.10. The molecule has 1 unspecified atom stereocenters. The molecular weight excluding hydrogens is 306 g/mol. The number of imidazole rings is 1. The lowest BCUT2D eigenvalue weighted by atomic mass is 10.0. The van der Waals surface area contributed by atoms with E-state index in [1.165, 1.54) is 13.1 Å². The molecule has 0 bridgehead atoms. The first kappa shape index (κ1) is 15.6. The number of halogens is 2. The van der Waals surface area contributed by atoms with Gasteiger partial charge in [-0.15, -0.1) is 0 Å². The highest BCUT2D eigenvalue weighted by Gasteiger charge is 2.42. The molecule has 1 aliphatic heterocycles. The third-order valence-corrected chi connectivity index (χ3v) is 3.98. The number of alkyl halides is 2. The molecule has 1 atom stereocenters. The second-order valence-electron chi connectivity index (χ2n) is 5.81. The SMILES string of the molecule is CC1CNC(=O)N(Cc2cnn3cc(CN)nc3c2)CC1(F)F. The lowest BCUT2D eigenvalue weighted by molar-refractivity contribution is -0.0603. The second kappa shape index (κ2) is 5.73. The summed E-state index contributed by atoms with van der Waals surface area (Å²) >= 11 is 0. The minimum atomic E-state index is -2.93. The maximum atomic E-state index is 14.0. The van der Waals surface area contributed by atoms with Gasteiger partial charge in [-0.3, -0.25) is 0 Å². The molecule has 0 saturated carbocycles. The van der Waals surface area contributed by atoms with E-state index in [4.69, 9.17) is 5.73 Å². The number of nitrogens with zero attached hydrogens (tertiary/aromatic N) is 4. The Morgan fingerprint density at radius 1 is 1.52 bits per heavy atom. The van der Waals surface area contributed by atoms with Gasteiger partial charge < -0.3 is 16.0 Å². The number of nitrogens with one attached hydrogen (secondary N) is 1. The Morgan fingerprint density at radius 3 is 3.04 bits per heavy atom. The van der Waals surface area contributed by atoms with Crippen LogP contribution in [0.2, 0.25) is 0 Å². The topological polar surface area (TPSA) is 88.5 Å². The van der Waals surface area contributed by atoms with Gasteiger partial charge in [0.2, 0.25) is 0 Å². The zero-order chi connectivity index (χ0) is 16.6. The Morgan fingerprint density at radius 2 is 2.30 bits per heavy atom. The van der Waals surface area contributed by atoms with Crippen LogP contribution in [0, 0.1) is 5.92 Å². The van der Waals surface area contributed by atoms with Crippen LogP contribution in [0.1, 0.15) is 18.2 Å². The second-order valence-corrected chi connectivity index (χ2v) is 5.81. The van der Waals surface area contributed by atoms with Crippen molar-refractivity contribution in [2.75, 3.05) is 13.1 Å². The molecule has 1 saturated heterocycles. The van der Waals surface area contributed by atoms with Crippen LogP contribution in [0.3, 0.4) is 0 Å². The first-order valence-corrected chi connectivity index (χ1v) is 7.33. The van der Waals surface area contributed by atoms with E-state index in [2.05, 4.69) is 15.4 Å². The summed E-state index contributed by atoms with van der Waals surface area (Å²) in [7, 11) is 0. The van der Waals surface area contributed by atoms with Gasteiger partial charge in [-0.2, -0.15) is 5.10 Å². The van der Waals surface area contributed by atoms with Crippen molar-refractivity contribution in [1.82, 2.24) is 24.8 Å². The summed E-state index contributed by atoms with van der Waals surface area (Å²) in [4.78, 5) is 17.4. The van der Waals surface area contributed by atoms with Crippen molar-refractivity contribution in [3.8, 4) is 0 Å². The predicted octanol–water partition coefficient (Wildman–Crippen LogP) is 0.985. The normalized spacial score (nSPS) is 21.3. The molecule has 124 valence electrons. The van der Waals surface area contributed by atoms with Crippen molar-refractivity contribution >= 4 is 11.7 Å². The van der Waals surface area contributed by atoms with Gasteiger partial charge >= 0.3 is 6.03 Å². The Labute approximate surface area is 131 Å². The molecule has 2 aromatic heterocycles. The number of hydrogen-bond donors (Lipinski definition) is 2. The number of fused-ring (bicyclic) bond motifs is 1. The van der Waals surface area contributed by atoms with E-state index >= 15 is 0 Å². The van der Waals surface area contributed by atoms with Crippen LogP contribution in [-0.2, 0) is 13.1 Å². The van der Waals surface area contributed by atoms with Crippen molar-refractivity contribution in [1.29, 1.82) is 0 Å². The maximum Gasteiger partial charge on any atom is 0.317 e. The van der Waals surface area contributed by atoms with Crippen LogP contribution >= 0.6 is 0 Å². The van der Waals surface area contributed by atoms with E-state index in [1.54, 1.807) is 16.8 Å². The van der Waals surface area contributed by atoms with E-state index < -0.39 is 24.4 Å². The molecule has 3 heterocycles. The molecule has 2 amide bonds. The van der Waals surface area contributed by atoms with Gasteiger partial charge in [0.15, 0.2) is 5.65 Å². The predicted molar refractivity (Wildman–Crippen MR) is 78.8 cm³/mol. The zero-order valence-electron chi connectivity index (χ0n) is 12.7. The average molecular weight is 324 g/mol. The largest absolute Gasteiger partial charge is 0.337 e. The van der Waals surface area contributed by atoms with Gasteiger partial charge in [-0.1, -0.05) is 6.92 Å². The first-order chi connectivity index (χ1) is 10.9. The molecule has 9 heteroatoms. The highest BCUT2D eigenvalue weighted by atomic mass is 19.3. The molecule has 3 N–H and O–H groups in total. The van der Waals surface area contributed by atoms with E-state index in [-0.39, 0.29) is 19.6 Å². The van der Waals surface area contributed by atoms with Crippen LogP contribution in [0.4, 0.5) is 13.6 Å². The smallest absolute Gasteiger partial charge is 0.317 e. The van der Waals surface area contributed by atoms with E-state index in [0.717, 1.165) is 4.90 Å². The highest BCUT2D eigenvalue weighted by molar-refractivity contribution is 5.74. The lowest BCUT2D eigenvalue weighted by Gasteiger charge is -2.25. The maximum absolute atomic E-state index is 14.0. The molecule has 0 radical (unpaired) electrons. The Hall–Kier alpha value is -2.29. The van der Waals surface area contributed by atoms with Crippen LogP contribution in [0.5, 0.6) is 0 Å². The standard InChI is InChI=1S/C14H18F2N6O/c1-9-4-18-13(23)21(8-14(9,15)16)6-10-2-12-20-11(3-17)7-22(12)19-5-10/h2,5,7,9H,3-4,6,8,17H2,1H3,(H,18,23). The van der Waals surface area contributed by atoms with Gasteiger partial charge in [0.1, 0.15) is 0 Å². The van der Waals surface area contributed by atoms with Crippen molar-refractivity contribution in [2.24, 2.45) is 11.7 Å².